The van der Waals surface area contributed by atoms with Gasteiger partial charge in [0.25, 0.3) is 0 Å². The highest BCUT2D eigenvalue weighted by Crippen LogP contribution is 2.02. The van der Waals surface area contributed by atoms with Crippen LogP contribution in [0.4, 0.5) is 0 Å². The zero-order chi connectivity index (χ0) is 10.7. The number of carbonyl (C=O) groups is 2. The summed E-state index contributed by atoms with van der Waals surface area (Å²) in [7, 11) is 0. The smallest absolute Gasteiger partial charge is 0.231 e. The minimum absolute atomic E-state index is 0.0308. The van der Waals surface area contributed by atoms with E-state index in [1.165, 1.54) is 0 Å². The van der Waals surface area contributed by atoms with Crippen molar-refractivity contribution in [2.45, 2.75) is 12.8 Å². The first-order chi connectivity index (χ1) is 6.50. The maximum absolute atomic E-state index is 10.9. The fourth-order valence-corrected chi connectivity index (χ4v) is 0.925. The van der Waals surface area contributed by atoms with Crippen LogP contribution in [0.3, 0.4) is 0 Å². The van der Waals surface area contributed by atoms with Crippen LogP contribution >= 0.6 is 0 Å². The number of primary amides is 2. The van der Waals surface area contributed by atoms with Crippen LogP contribution in [0.25, 0.3) is 0 Å². The molecule has 8 nitrogen and oxygen atoms in total. The van der Waals surface area contributed by atoms with Gasteiger partial charge < -0.3 is 16.7 Å². The van der Waals surface area contributed by atoms with Gasteiger partial charge in [0.05, 0.1) is 12.8 Å². The Labute approximate surface area is 78.0 Å². The van der Waals surface area contributed by atoms with E-state index in [2.05, 4.69) is 9.79 Å². The lowest BCUT2D eigenvalue weighted by molar-refractivity contribution is -0.807. The van der Waals surface area contributed by atoms with Crippen LogP contribution < -0.4 is 16.4 Å². The average Bonchev–Trinajstić information content (AvgIpc) is 2.34. The lowest BCUT2D eigenvalue weighted by atomic mass is 10.2. The van der Waals surface area contributed by atoms with Gasteiger partial charge in [0.15, 0.2) is 0 Å². The van der Waals surface area contributed by atoms with E-state index >= 15 is 0 Å². The Hall–Kier alpha value is -2.12. The summed E-state index contributed by atoms with van der Waals surface area (Å²) in [5.74, 6) is -1.40. The van der Waals surface area contributed by atoms with Crippen LogP contribution in [0.1, 0.15) is 11.4 Å². The largest absolute Gasteiger partial charge is 0.369 e. The van der Waals surface area contributed by atoms with E-state index < -0.39 is 11.8 Å². The highest BCUT2D eigenvalue weighted by Gasteiger charge is 2.22. The molecule has 0 aliphatic carbocycles. The third kappa shape index (κ3) is 2.19. The summed E-state index contributed by atoms with van der Waals surface area (Å²) in [6, 6.07) is 0. The zero-order valence-corrected chi connectivity index (χ0v) is 7.10. The maximum atomic E-state index is 10.9. The van der Waals surface area contributed by atoms with E-state index in [1.54, 1.807) is 0 Å². The summed E-state index contributed by atoms with van der Waals surface area (Å²) < 4.78 is 4.19. The number of carbonyl (C=O) groups excluding carboxylic acids is 2. The summed E-state index contributed by atoms with van der Waals surface area (Å²) in [4.78, 5) is 21.1. The normalized spacial score (nSPS) is 10.0. The number of nitrogens with zero attached hydrogens (tertiary/aromatic N) is 2. The average molecular weight is 200 g/mol. The second kappa shape index (κ2) is 3.73. The molecule has 0 aromatic carbocycles. The summed E-state index contributed by atoms with van der Waals surface area (Å²) in [6.07, 6.45) is -0.600. The minimum Gasteiger partial charge on any atom is -0.369 e. The summed E-state index contributed by atoms with van der Waals surface area (Å²) >= 11 is 0. The molecule has 1 rings (SSSR count). The van der Waals surface area contributed by atoms with Crippen molar-refractivity contribution >= 4 is 11.8 Å². The second-order valence-corrected chi connectivity index (χ2v) is 2.61. The molecule has 1 heterocycles. The number of amides is 2. The minimum atomic E-state index is -0.719. The van der Waals surface area contributed by atoms with Gasteiger partial charge in [-0.2, -0.15) is 0 Å². The van der Waals surface area contributed by atoms with Gasteiger partial charge in [-0.15, -0.1) is 0 Å². The van der Waals surface area contributed by atoms with Crippen LogP contribution in [0.5, 0.6) is 0 Å². The first kappa shape index (κ1) is 9.96. The summed E-state index contributed by atoms with van der Waals surface area (Å²) in [6.45, 7) is 0. The fourth-order valence-electron chi connectivity index (χ4n) is 0.925. The molecule has 0 saturated heterocycles. The SMILES string of the molecule is NC(=O)Cc1no[n+]([O-])c1CC(N)=O. The van der Waals surface area contributed by atoms with Crippen molar-refractivity contribution < 1.29 is 19.1 Å². The third-order valence-electron chi connectivity index (χ3n) is 1.46. The van der Waals surface area contributed by atoms with E-state index in [4.69, 9.17) is 11.5 Å². The van der Waals surface area contributed by atoms with Crippen molar-refractivity contribution in [2.24, 2.45) is 11.5 Å². The molecule has 14 heavy (non-hydrogen) atoms. The molecule has 0 unspecified atom stereocenters. The molecule has 0 aliphatic heterocycles. The van der Waals surface area contributed by atoms with Crippen molar-refractivity contribution in [1.29, 1.82) is 0 Å². The first-order valence-electron chi connectivity index (χ1n) is 3.64. The topological polar surface area (TPSA) is 139 Å². The Morgan fingerprint density at radius 3 is 2.43 bits per heavy atom. The molecule has 0 atom stereocenters. The van der Waals surface area contributed by atoms with Crippen LogP contribution in [0, 0.1) is 5.21 Å². The van der Waals surface area contributed by atoms with Gasteiger partial charge in [0, 0.05) is 5.16 Å². The standard InChI is InChI=1S/C6H8N4O4/c7-5(11)1-3-4(2-6(8)12)10(13)14-9-3/h1-2H2,(H2,7,11)(H2,8,12). The van der Waals surface area contributed by atoms with Crippen LogP contribution in [0.2, 0.25) is 0 Å². The van der Waals surface area contributed by atoms with Crippen molar-refractivity contribution in [1.82, 2.24) is 5.16 Å². The number of nitrogens with two attached hydrogens (primary N) is 2. The lowest BCUT2D eigenvalue weighted by Crippen LogP contribution is -2.32. The molecule has 0 spiro atoms. The molecule has 0 saturated carbocycles. The molecule has 1 aromatic heterocycles. The monoisotopic (exact) mass is 200 g/mol. The summed E-state index contributed by atoms with van der Waals surface area (Å²) in [5.41, 5.74) is 9.71. The molecule has 0 fully saturated rings. The number of hydrogen-bond acceptors (Lipinski definition) is 5. The maximum Gasteiger partial charge on any atom is 0.231 e. The van der Waals surface area contributed by atoms with E-state index in [0.717, 1.165) is 0 Å². The third-order valence-corrected chi connectivity index (χ3v) is 1.46. The molecule has 76 valence electrons. The number of aromatic nitrogens is 2. The molecular formula is C6H8N4O4. The van der Waals surface area contributed by atoms with Crippen molar-refractivity contribution in [3.8, 4) is 0 Å². The van der Waals surface area contributed by atoms with Gasteiger partial charge in [0.1, 0.15) is 0 Å². The van der Waals surface area contributed by atoms with Gasteiger partial charge >= 0.3 is 0 Å². The van der Waals surface area contributed by atoms with Gasteiger partial charge in [-0.05, 0) is 4.90 Å². The molecule has 2 amide bonds. The van der Waals surface area contributed by atoms with E-state index in [0.29, 0.717) is 0 Å². The van der Waals surface area contributed by atoms with E-state index in [9.17, 15) is 14.8 Å². The van der Waals surface area contributed by atoms with Crippen molar-refractivity contribution in [2.75, 3.05) is 0 Å². The van der Waals surface area contributed by atoms with Gasteiger partial charge in [-0.25, -0.2) is 0 Å². The lowest BCUT2D eigenvalue weighted by Gasteiger charge is -1.93. The van der Waals surface area contributed by atoms with Crippen LogP contribution in [-0.4, -0.2) is 17.0 Å². The fraction of sp³-hybridized carbons (Fsp3) is 0.333. The van der Waals surface area contributed by atoms with Crippen LogP contribution in [-0.2, 0) is 22.4 Å². The Morgan fingerprint density at radius 2 is 1.93 bits per heavy atom. The van der Waals surface area contributed by atoms with Crippen LogP contribution in [0.15, 0.2) is 4.63 Å². The predicted octanol–water partition coefficient (Wildman–Crippen LogP) is -2.64. The van der Waals surface area contributed by atoms with Gasteiger partial charge in [-0.3, -0.25) is 14.2 Å². The van der Waals surface area contributed by atoms with E-state index in [1.807, 2.05) is 0 Å². The van der Waals surface area contributed by atoms with Crippen molar-refractivity contribution in [3.63, 3.8) is 0 Å². The number of hydrogen-bond donors (Lipinski definition) is 2. The molecule has 0 bridgehead atoms. The van der Waals surface area contributed by atoms with Crippen molar-refractivity contribution in [3.05, 3.63) is 16.6 Å². The molecule has 0 aliphatic rings. The molecule has 0 radical (unpaired) electrons. The van der Waals surface area contributed by atoms with Gasteiger partial charge in [-0.1, -0.05) is 0 Å². The Bertz CT molecular complexity index is 372. The number of rotatable bonds is 4. The highest BCUT2D eigenvalue weighted by atomic mass is 16.8. The first-order valence-corrected chi connectivity index (χ1v) is 3.64. The Kier molecular flexibility index (Phi) is 2.65. The molecule has 8 heteroatoms. The highest BCUT2D eigenvalue weighted by molar-refractivity contribution is 5.78. The molecular weight excluding hydrogens is 192 g/mol. The Morgan fingerprint density at radius 1 is 1.36 bits per heavy atom. The Balaban J connectivity index is 2.93. The second-order valence-electron chi connectivity index (χ2n) is 2.61. The summed E-state index contributed by atoms with van der Waals surface area (Å²) in [5, 5.41) is 14.2. The van der Waals surface area contributed by atoms with E-state index in [-0.39, 0.29) is 29.1 Å². The molecule has 4 N–H and O–H groups in total. The molecule has 1 aromatic rings. The zero-order valence-electron chi connectivity index (χ0n) is 7.10. The van der Waals surface area contributed by atoms with Gasteiger partial charge in [0.2, 0.25) is 23.2 Å². The quantitative estimate of drug-likeness (QED) is 0.511. The predicted molar refractivity (Wildman–Crippen MR) is 41.3 cm³/mol.